The number of carbonyl (C=O) groups is 1. The van der Waals surface area contributed by atoms with Gasteiger partial charge in [0.25, 0.3) is 0 Å². The largest absolute Gasteiger partial charge is 0.495 e. The molecule has 2 aliphatic rings. The minimum Gasteiger partial charge on any atom is -0.495 e. The highest BCUT2D eigenvalue weighted by molar-refractivity contribution is 5.79. The molecule has 0 radical (unpaired) electrons. The Kier molecular flexibility index (Phi) is 5.93. The van der Waals surface area contributed by atoms with Gasteiger partial charge >= 0.3 is 0 Å². The molecule has 0 atom stereocenters. The zero-order valence-electron chi connectivity index (χ0n) is 17.5. The lowest BCUT2D eigenvalue weighted by Crippen LogP contribution is -2.51. The minimum atomic E-state index is 0.162. The van der Waals surface area contributed by atoms with Gasteiger partial charge in [0, 0.05) is 50.9 Å². The van der Waals surface area contributed by atoms with E-state index in [1.807, 2.05) is 18.2 Å². The molecule has 0 N–H and O–H groups in total. The molecule has 5 heteroatoms. The Morgan fingerprint density at radius 1 is 0.862 bits per heavy atom. The number of rotatable bonds is 4. The molecule has 0 unspecified atom stereocenters. The molecule has 0 bridgehead atoms. The molecule has 2 aliphatic heterocycles. The van der Waals surface area contributed by atoms with Crippen molar-refractivity contribution in [2.45, 2.75) is 19.8 Å². The zero-order valence-corrected chi connectivity index (χ0v) is 17.5. The maximum absolute atomic E-state index is 13.1. The summed E-state index contributed by atoms with van der Waals surface area (Å²) in [5, 5.41) is 0. The van der Waals surface area contributed by atoms with Crippen molar-refractivity contribution in [1.29, 1.82) is 0 Å². The third kappa shape index (κ3) is 4.34. The number of para-hydroxylation sites is 2. The quantitative estimate of drug-likeness (QED) is 0.796. The van der Waals surface area contributed by atoms with Crippen molar-refractivity contribution in [2.24, 2.45) is 5.92 Å². The second-order valence-electron chi connectivity index (χ2n) is 8.08. The molecule has 29 heavy (non-hydrogen) atoms. The first kappa shape index (κ1) is 19.6. The Morgan fingerprint density at radius 3 is 2.17 bits per heavy atom. The number of hydrogen-bond acceptors (Lipinski definition) is 4. The van der Waals surface area contributed by atoms with Crippen molar-refractivity contribution < 1.29 is 9.53 Å². The Hall–Kier alpha value is -2.69. The minimum absolute atomic E-state index is 0.162. The van der Waals surface area contributed by atoms with Crippen molar-refractivity contribution in [1.82, 2.24) is 4.90 Å². The van der Waals surface area contributed by atoms with Crippen LogP contribution in [0.1, 0.15) is 18.4 Å². The van der Waals surface area contributed by atoms with Crippen LogP contribution in [0.25, 0.3) is 0 Å². The molecule has 5 nitrogen and oxygen atoms in total. The summed E-state index contributed by atoms with van der Waals surface area (Å²) >= 11 is 0. The fraction of sp³-hybridized carbons (Fsp3) is 0.458. The third-order valence-electron chi connectivity index (χ3n) is 6.26. The van der Waals surface area contributed by atoms with E-state index in [4.69, 9.17) is 4.74 Å². The van der Waals surface area contributed by atoms with Crippen LogP contribution in [0, 0.1) is 12.8 Å². The maximum Gasteiger partial charge on any atom is 0.225 e. The van der Waals surface area contributed by atoms with Crippen molar-refractivity contribution in [2.75, 3.05) is 56.2 Å². The lowest BCUT2D eigenvalue weighted by molar-refractivity contribution is -0.136. The molecule has 154 valence electrons. The molecular weight excluding hydrogens is 362 g/mol. The van der Waals surface area contributed by atoms with Crippen molar-refractivity contribution in [3.63, 3.8) is 0 Å². The molecular formula is C24H31N3O2. The van der Waals surface area contributed by atoms with Gasteiger partial charge in [-0.1, -0.05) is 29.8 Å². The van der Waals surface area contributed by atoms with Crippen LogP contribution in [0.15, 0.2) is 48.5 Å². The van der Waals surface area contributed by atoms with Gasteiger partial charge in [-0.15, -0.1) is 0 Å². The Bertz CT molecular complexity index is 820. The summed E-state index contributed by atoms with van der Waals surface area (Å²) in [6.07, 6.45) is 1.89. The second kappa shape index (κ2) is 8.76. The van der Waals surface area contributed by atoms with Crippen molar-refractivity contribution >= 4 is 17.3 Å². The van der Waals surface area contributed by atoms with Crippen molar-refractivity contribution in [3.05, 3.63) is 54.1 Å². The van der Waals surface area contributed by atoms with Crippen LogP contribution in [-0.2, 0) is 4.79 Å². The number of piperazine rings is 1. The highest BCUT2D eigenvalue weighted by Gasteiger charge is 2.31. The normalized spacial score (nSPS) is 18.1. The topological polar surface area (TPSA) is 36.0 Å². The number of methoxy groups -OCH3 is 1. The lowest BCUT2D eigenvalue weighted by Gasteiger charge is -2.40. The monoisotopic (exact) mass is 393 g/mol. The molecule has 1 amide bonds. The summed E-state index contributed by atoms with van der Waals surface area (Å²) in [6, 6.07) is 16.8. The Labute approximate surface area is 173 Å². The van der Waals surface area contributed by atoms with Gasteiger partial charge in [0.2, 0.25) is 5.91 Å². The number of anilines is 2. The molecule has 0 saturated carbocycles. The summed E-state index contributed by atoms with van der Waals surface area (Å²) in [6.45, 7) is 7.32. The molecule has 0 aliphatic carbocycles. The first-order valence-electron chi connectivity index (χ1n) is 10.6. The smallest absolute Gasteiger partial charge is 0.225 e. The van der Waals surface area contributed by atoms with Crippen LogP contribution >= 0.6 is 0 Å². The van der Waals surface area contributed by atoms with Crippen molar-refractivity contribution in [3.8, 4) is 5.75 Å². The lowest BCUT2D eigenvalue weighted by atomic mass is 9.94. The molecule has 0 spiro atoms. The summed E-state index contributed by atoms with van der Waals surface area (Å²) < 4.78 is 5.49. The maximum atomic E-state index is 13.1. The van der Waals surface area contributed by atoms with Crippen LogP contribution < -0.4 is 14.5 Å². The molecule has 2 heterocycles. The highest BCUT2D eigenvalue weighted by Crippen LogP contribution is 2.29. The van der Waals surface area contributed by atoms with Gasteiger partial charge in [0.05, 0.1) is 12.8 Å². The van der Waals surface area contributed by atoms with E-state index in [1.165, 1.54) is 11.3 Å². The summed E-state index contributed by atoms with van der Waals surface area (Å²) in [4.78, 5) is 19.9. The average Bonchev–Trinajstić information content (AvgIpc) is 2.79. The van der Waals surface area contributed by atoms with Gasteiger partial charge in [-0.2, -0.15) is 0 Å². The predicted octanol–water partition coefficient (Wildman–Crippen LogP) is 3.57. The van der Waals surface area contributed by atoms with Gasteiger partial charge < -0.3 is 19.4 Å². The molecule has 2 aromatic carbocycles. The highest BCUT2D eigenvalue weighted by atomic mass is 16.5. The Balaban J connectivity index is 1.29. The Morgan fingerprint density at radius 2 is 1.52 bits per heavy atom. The van der Waals surface area contributed by atoms with E-state index in [2.05, 4.69) is 52.0 Å². The number of carbonyl (C=O) groups excluding carboxylic acids is 1. The van der Waals surface area contributed by atoms with Crippen LogP contribution in [0.2, 0.25) is 0 Å². The number of hydrogen-bond donors (Lipinski definition) is 0. The third-order valence-corrected chi connectivity index (χ3v) is 6.26. The van der Waals surface area contributed by atoms with Gasteiger partial charge in [0.15, 0.2) is 0 Å². The zero-order chi connectivity index (χ0) is 20.2. The van der Waals surface area contributed by atoms with E-state index < -0.39 is 0 Å². The number of piperidine rings is 1. The first-order chi connectivity index (χ1) is 14.2. The van der Waals surface area contributed by atoms with E-state index in [1.54, 1.807) is 7.11 Å². The van der Waals surface area contributed by atoms with Gasteiger partial charge in [0.1, 0.15) is 5.75 Å². The molecule has 0 aromatic heterocycles. The fourth-order valence-corrected chi connectivity index (χ4v) is 4.46. The van der Waals surface area contributed by atoms with Crippen LogP contribution in [-0.4, -0.2) is 57.2 Å². The first-order valence-corrected chi connectivity index (χ1v) is 10.6. The van der Waals surface area contributed by atoms with Crippen LogP contribution in [0.5, 0.6) is 5.75 Å². The number of aryl methyl sites for hydroxylation is 1. The van der Waals surface area contributed by atoms with E-state index in [9.17, 15) is 4.79 Å². The molecule has 2 fully saturated rings. The number of nitrogens with zero attached hydrogens (tertiary/aromatic N) is 3. The van der Waals surface area contributed by atoms with Crippen LogP contribution in [0.4, 0.5) is 11.4 Å². The van der Waals surface area contributed by atoms with E-state index in [0.29, 0.717) is 5.91 Å². The predicted molar refractivity (Wildman–Crippen MR) is 118 cm³/mol. The number of benzene rings is 2. The SMILES string of the molecule is COc1ccccc1N1CCN(C(=O)C2CCN(c3ccc(C)cc3)CC2)CC1. The summed E-state index contributed by atoms with van der Waals surface area (Å²) in [5.74, 6) is 1.40. The summed E-state index contributed by atoms with van der Waals surface area (Å²) in [7, 11) is 1.71. The van der Waals surface area contributed by atoms with E-state index in [-0.39, 0.29) is 5.92 Å². The summed E-state index contributed by atoms with van der Waals surface area (Å²) in [5.41, 5.74) is 3.67. The van der Waals surface area contributed by atoms with Gasteiger partial charge in [-0.05, 0) is 44.0 Å². The second-order valence-corrected chi connectivity index (χ2v) is 8.08. The van der Waals surface area contributed by atoms with E-state index in [0.717, 1.165) is 63.5 Å². The average molecular weight is 394 g/mol. The van der Waals surface area contributed by atoms with Crippen LogP contribution in [0.3, 0.4) is 0 Å². The van der Waals surface area contributed by atoms with Gasteiger partial charge in [-0.25, -0.2) is 0 Å². The van der Waals surface area contributed by atoms with E-state index >= 15 is 0 Å². The number of amides is 1. The fourth-order valence-electron chi connectivity index (χ4n) is 4.46. The number of ether oxygens (including phenoxy) is 1. The molecule has 4 rings (SSSR count). The molecule has 2 aromatic rings. The van der Waals surface area contributed by atoms with Gasteiger partial charge in [-0.3, -0.25) is 4.79 Å². The molecule has 2 saturated heterocycles. The standard InChI is InChI=1S/C24H31N3O2/c1-19-7-9-21(10-8-19)25-13-11-20(12-14-25)24(28)27-17-15-26(16-18-27)22-5-3-4-6-23(22)29-2/h3-10,20H,11-18H2,1-2H3.